The lowest BCUT2D eigenvalue weighted by Crippen LogP contribution is -2.11. The molecule has 0 unspecified atom stereocenters. The molecule has 6 nitrogen and oxygen atoms in total. The summed E-state index contributed by atoms with van der Waals surface area (Å²) in [5, 5.41) is 9.31. The monoisotopic (exact) mass is 331 g/mol. The fraction of sp³-hybridized carbons (Fsp3) is 0.0526. The number of nitrogens with zero attached hydrogens (tertiary/aromatic N) is 2. The predicted molar refractivity (Wildman–Crippen MR) is 93.8 cm³/mol. The van der Waals surface area contributed by atoms with E-state index in [1.165, 1.54) is 25.3 Å². The topological polar surface area (TPSA) is 95.8 Å². The van der Waals surface area contributed by atoms with Crippen LogP contribution in [0.15, 0.2) is 47.3 Å². The first kappa shape index (κ1) is 16.1. The first-order chi connectivity index (χ1) is 12.1. The highest BCUT2D eigenvalue weighted by Crippen LogP contribution is 2.13. The number of aromatic amines is 1. The number of hydrogen-bond acceptors (Lipinski definition) is 5. The summed E-state index contributed by atoms with van der Waals surface area (Å²) in [5.41, 5.74) is 1.78. The molecular formula is C19H13N3O3. The number of benzene rings is 2. The Morgan fingerprint density at radius 3 is 2.84 bits per heavy atom. The van der Waals surface area contributed by atoms with E-state index in [2.05, 4.69) is 20.8 Å². The molecule has 122 valence electrons. The number of esters is 1. The number of carbonyl (C=O) groups is 1. The molecule has 1 heterocycles. The average Bonchev–Trinajstić information content (AvgIpc) is 2.65. The van der Waals surface area contributed by atoms with Crippen LogP contribution in [0.2, 0.25) is 0 Å². The van der Waals surface area contributed by atoms with E-state index in [9.17, 15) is 9.59 Å². The maximum absolute atomic E-state index is 12.2. The second-order valence-corrected chi connectivity index (χ2v) is 5.25. The van der Waals surface area contributed by atoms with Gasteiger partial charge in [0.25, 0.3) is 5.56 Å². The highest BCUT2D eigenvalue weighted by atomic mass is 16.5. The van der Waals surface area contributed by atoms with Crippen LogP contribution in [0.3, 0.4) is 0 Å². The third kappa shape index (κ3) is 3.46. The zero-order chi connectivity index (χ0) is 17.8. The SMILES string of the molecule is COC(=O)c1ccc2c(=O)[nH]c(C=Cc3cccc(C#N)c3)nc2c1. The molecule has 0 saturated carbocycles. The number of fused-ring (bicyclic) bond motifs is 1. The lowest BCUT2D eigenvalue weighted by molar-refractivity contribution is 0.0601. The Morgan fingerprint density at radius 1 is 1.24 bits per heavy atom. The Labute approximate surface area is 143 Å². The summed E-state index contributed by atoms with van der Waals surface area (Å²) in [6.45, 7) is 0. The molecule has 1 N–H and O–H groups in total. The van der Waals surface area contributed by atoms with Crippen molar-refractivity contribution in [2.75, 3.05) is 7.11 Å². The Balaban J connectivity index is 2.01. The molecular weight excluding hydrogens is 318 g/mol. The van der Waals surface area contributed by atoms with Gasteiger partial charge in [0.05, 0.1) is 35.2 Å². The van der Waals surface area contributed by atoms with Crippen molar-refractivity contribution >= 4 is 29.0 Å². The molecule has 25 heavy (non-hydrogen) atoms. The number of methoxy groups -OCH3 is 1. The molecule has 1 aromatic heterocycles. The molecule has 0 atom stereocenters. The van der Waals surface area contributed by atoms with Gasteiger partial charge >= 0.3 is 5.97 Å². The highest BCUT2D eigenvalue weighted by Gasteiger charge is 2.09. The van der Waals surface area contributed by atoms with E-state index in [0.717, 1.165) is 5.56 Å². The van der Waals surface area contributed by atoms with Crippen molar-refractivity contribution in [3.8, 4) is 6.07 Å². The minimum absolute atomic E-state index is 0.299. The zero-order valence-electron chi connectivity index (χ0n) is 13.3. The third-order valence-corrected chi connectivity index (χ3v) is 3.60. The van der Waals surface area contributed by atoms with Crippen LogP contribution in [0, 0.1) is 11.3 Å². The maximum atomic E-state index is 12.2. The molecule has 0 fully saturated rings. The van der Waals surface area contributed by atoms with Gasteiger partial charge in [-0.2, -0.15) is 5.26 Å². The van der Waals surface area contributed by atoms with Crippen LogP contribution in [-0.2, 0) is 4.74 Å². The fourth-order valence-electron chi connectivity index (χ4n) is 2.37. The molecule has 0 aliphatic carbocycles. The van der Waals surface area contributed by atoms with Crippen molar-refractivity contribution in [1.82, 2.24) is 9.97 Å². The Bertz CT molecular complexity index is 1090. The second-order valence-electron chi connectivity index (χ2n) is 5.25. The molecule has 0 saturated heterocycles. The summed E-state index contributed by atoms with van der Waals surface area (Å²) >= 11 is 0. The third-order valence-electron chi connectivity index (χ3n) is 3.60. The molecule has 0 amide bonds. The van der Waals surface area contributed by atoms with Gasteiger partial charge in [0.2, 0.25) is 0 Å². The summed E-state index contributed by atoms with van der Waals surface area (Å²) in [6, 6.07) is 13.7. The van der Waals surface area contributed by atoms with Crippen molar-refractivity contribution in [2.45, 2.75) is 0 Å². The van der Waals surface area contributed by atoms with Gasteiger partial charge in [-0.25, -0.2) is 9.78 Å². The van der Waals surface area contributed by atoms with E-state index >= 15 is 0 Å². The van der Waals surface area contributed by atoms with Crippen LogP contribution >= 0.6 is 0 Å². The van der Waals surface area contributed by atoms with Gasteiger partial charge in [0.1, 0.15) is 5.82 Å². The van der Waals surface area contributed by atoms with Gasteiger partial charge in [0.15, 0.2) is 0 Å². The predicted octanol–water partition coefficient (Wildman–Crippen LogP) is 2.75. The van der Waals surface area contributed by atoms with Crippen LogP contribution in [0.4, 0.5) is 0 Å². The number of nitriles is 1. The molecule has 3 aromatic rings. The van der Waals surface area contributed by atoms with E-state index in [-0.39, 0.29) is 5.56 Å². The number of aromatic nitrogens is 2. The van der Waals surface area contributed by atoms with Crippen molar-refractivity contribution < 1.29 is 9.53 Å². The molecule has 0 bridgehead atoms. The smallest absolute Gasteiger partial charge is 0.337 e. The molecule has 0 spiro atoms. The van der Waals surface area contributed by atoms with Crippen molar-refractivity contribution in [3.63, 3.8) is 0 Å². The average molecular weight is 331 g/mol. The number of rotatable bonds is 3. The van der Waals surface area contributed by atoms with E-state index in [1.54, 1.807) is 30.4 Å². The fourth-order valence-corrected chi connectivity index (χ4v) is 2.37. The largest absolute Gasteiger partial charge is 0.465 e. The molecule has 6 heteroatoms. The van der Waals surface area contributed by atoms with Crippen LogP contribution in [0.5, 0.6) is 0 Å². The van der Waals surface area contributed by atoms with Crippen molar-refractivity contribution in [1.29, 1.82) is 5.26 Å². The number of carbonyl (C=O) groups excluding carboxylic acids is 1. The minimum Gasteiger partial charge on any atom is -0.465 e. The Morgan fingerprint density at radius 2 is 2.08 bits per heavy atom. The Kier molecular flexibility index (Phi) is 4.40. The molecule has 3 rings (SSSR count). The zero-order valence-corrected chi connectivity index (χ0v) is 13.3. The normalized spacial score (nSPS) is 10.7. The number of ether oxygens (including phenoxy) is 1. The van der Waals surface area contributed by atoms with Gasteiger partial charge in [-0.3, -0.25) is 4.79 Å². The second kappa shape index (κ2) is 6.81. The number of H-pyrrole nitrogens is 1. The number of hydrogen-bond donors (Lipinski definition) is 1. The van der Waals surface area contributed by atoms with Gasteiger partial charge < -0.3 is 9.72 Å². The van der Waals surface area contributed by atoms with Gasteiger partial charge in [-0.05, 0) is 42.0 Å². The van der Waals surface area contributed by atoms with Crippen molar-refractivity contribution in [2.24, 2.45) is 0 Å². The maximum Gasteiger partial charge on any atom is 0.337 e. The first-order valence-electron chi connectivity index (χ1n) is 7.41. The summed E-state index contributed by atoms with van der Waals surface area (Å²) in [5.74, 6) is -0.142. The highest BCUT2D eigenvalue weighted by molar-refractivity contribution is 5.94. The van der Waals surface area contributed by atoms with Gasteiger partial charge in [-0.15, -0.1) is 0 Å². The standard InChI is InChI=1S/C19H13N3O3/c1-25-19(24)14-6-7-15-16(10-14)21-17(22-18(15)23)8-5-12-3-2-4-13(9-12)11-20/h2-10H,1H3,(H,21,22,23). The lowest BCUT2D eigenvalue weighted by Gasteiger charge is -2.02. The molecule has 0 radical (unpaired) electrons. The molecule has 0 aliphatic rings. The summed E-state index contributed by atoms with van der Waals surface area (Å²) in [6.07, 6.45) is 3.39. The van der Waals surface area contributed by atoms with Gasteiger partial charge in [-0.1, -0.05) is 18.2 Å². The van der Waals surface area contributed by atoms with Gasteiger partial charge in [0, 0.05) is 0 Å². The molecule has 0 aliphatic heterocycles. The van der Waals surface area contributed by atoms with Crippen molar-refractivity contribution in [3.05, 3.63) is 75.3 Å². The summed E-state index contributed by atoms with van der Waals surface area (Å²) in [4.78, 5) is 30.8. The van der Waals surface area contributed by atoms with E-state index in [4.69, 9.17) is 5.26 Å². The first-order valence-corrected chi connectivity index (χ1v) is 7.41. The Hall–Kier alpha value is -3.72. The van der Waals surface area contributed by atoms with Crippen LogP contribution in [-0.4, -0.2) is 23.0 Å². The minimum atomic E-state index is -0.491. The van der Waals surface area contributed by atoms with E-state index < -0.39 is 5.97 Å². The van der Waals surface area contributed by atoms with Crippen LogP contribution in [0.1, 0.15) is 27.3 Å². The van der Waals surface area contributed by atoms with E-state index in [0.29, 0.717) is 27.9 Å². The lowest BCUT2D eigenvalue weighted by atomic mass is 10.1. The van der Waals surface area contributed by atoms with E-state index in [1.807, 2.05) is 6.07 Å². The van der Waals surface area contributed by atoms with Crippen LogP contribution in [0.25, 0.3) is 23.1 Å². The number of nitrogens with one attached hydrogen (secondary N) is 1. The summed E-state index contributed by atoms with van der Waals surface area (Å²) < 4.78 is 4.68. The summed E-state index contributed by atoms with van der Waals surface area (Å²) in [7, 11) is 1.29. The molecule has 2 aromatic carbocycles. The quantitative estimate of drug-likeness (QED) is 0.745. The van der Waals surface area contributed by atoms with Crippen LogP contribution < -0.4 is 5.56 Å².